The van der Waals surface area contributed by atoms with E-state index in [0.29, 0.717) is 0 Å². The Morgan fingerprint density at radius 1 is 1.13 bits per heavy atom. The highest BCUT2D eigenvalue weighted by molar-refractivity contribution is 7.89. The number of hydrogen-bond donors (Lipinski definition) is 2. The Labute approximate surface area is 181 Å². The largest absolute Gasteiger partial charge is 0.495 e. The van der Waals surface area contributed by atoms with Gasteiger partial charge in [0.15, 0.2) is 6.10 Å². The lowest BCUT2D eigenvalue weighted by atomic mass is 10.2. The van der Waals surface area contributed by atoms with E-state index in [0.717, 1.165) is 12.1 Å². The fraction of sp³-hybridized carbons (Fsp3) is 0.222. The summed E-state index contributed by atoms with van der Waals surface area (Å²) in [6, 6.07) is 6.98. The maximum Gasteiger partial charge on any atom is 0.387 e. The van der Waals surface area contributed by atoms with Crippen LogP contribution in [-0.4, -0.2) is 40.1 Å². The molecule has 168 valence electrons. The second-order valence-corrected chi connectivity index (χ2v) is 7.91. The van der Waals surface area contributed by atoms with Gasteiger partial charge >= 0.3 is 12.6 Å². The van der Waals surface area contributed by atoms with E-state index in [4.69, 9.17) is 26.2 Å². The summed E-state index contributed by atoms with van der Waals surface area (Å²) < 4.78 is 62.0. The van der Waals surface area contributed by atoms with E-state index in [2.05, 4.69) is 10.1 Å². The van der Waals surface area contributed by atoms with Crippen molar-refractivity contribution in [2.24, 2.45) is 5.14 Å². The van der Waals surface area contributed by atoms with Crippen molar-refractivity contribution in [3.8, 4) is 11.5 Å². The van der Waals surface area contributed by atoms with Crippen LogP contribution in [0.25, 0.3) is 0 Å². The average molecular weight is 479 g/mol. The highest BCUT2D eigenvalue weighted by Crippen LogP contribution is 2.29. The second kappa shape index (κ2) is 9.90. The number of hydrogen-bond acceptors (Lipinski definition) is 7. The van der Waals surface area contributed by atoms with Crippen molar-refractivity contribution in [1.82, 2.24) is 0 Å². The number of alkyl halides is 2. The molecule has 1 amide bonds. The van der Waals surface area contributed by atoms with Gasteiger partial charge in [0, 0.05) is 5.69 Å². The Morgan fingerprint density at radius 3 is 2.32 bits per heavy atom. The van der Waals surface area contributed by atoms with Crippen molar-refractivity contribution in [3.63, 3.8) is 0 Å². The predicted molar refractivity (Wildman–Crippen MR) is 106 cm³/mol. The molecule has 0 saturated carbocycles. The standard InChI is InChI=1S/C18H17ClF2N2O7S/c1-9(16(24)23-11-4-6-13(12(19)8-11)30-18(20)21)29-17(25)10-3-5-14(28-2)15(7-10)31(22,26)27/h3-9,18H,1-2H3,(H,23,24)(H2,22,26,27). The van der Waals surface area contributed by atoms with E-state index >= 15 is 0 Å². The van der Waals surface area contributed by atoms with Crippen molar-refractivity contribution in [2.75, 3.05) is 12.4 Å². The molecular formula is C18H17ClF2N2O7S. The van der Waals surface area contributed by atoms with E-state index < -0.39 is 39.5 Å². The van der Waals surface area contributed by atoms with Crippen LogP contribution < -0.4 is 19.9 Å². The van der Waals surface area contributed by atoms with E-state index in [9.17, 15) is 26.8 Å². The molecule has 2 aromatic rings. The molecule has 0 heterocycles. The molecule has 1 atom stereocenters. The van der Waals surface area contributed by atoms with Crippen LogP contribution in [0.5, 0.6) is 11.5 Å². The minimum absolute atomic E-state index is 0.0685. The Hall–Kier alpha value is -2.96. The number of benzene rings is 2. The number of esters is 1. The van der Waals surface area contributed by atoms with Crippen molar-refractivity contribution >= 4 is 39.2 Å². The number of halogens is 3. The fourth-order valence-electron chi connectivity index (χ4n) is 2.32. The Bertz CT molecular complexity index is 1100. The first kappa shape index (κ1) is 24.3. The van der Waals surface area contributed by atoms with E-state index in [1.54, 1.807) is 0 Å². The van der Waals surface area contributed by atoms with Crippen LogP contribution >= 0.6 is 11.6 Å². The molecule has 0 aliphatic rings. The highest BCUT2D eigenvalue weighted by atomic mass is 35.5. The van der Waals surface area contributed by atoms with Gasteiger partial charge in [-0.25, -0.2) is 18.4 Å². The molecule has 0 aromatic heterocycles. The van der Waals surface area contributed by atoms with Gasteiger partial charge in [0.05, 0.1) is 17.7 Å². The lowest BCUT2D eigenvalue weighted by Crippen LogP contribution is -2.30. The maximum absolute atomic E-state index is 12.3. The first-order chi connectivity index (χ1) is 14.4. The summed E-state index contributed by atoms with van der Waals surface area (Å²) in [5.41, 5.74) is -0.0403. The molecule has 2 rings (SSSR count). The molecule has 0 bridgehead atoms. The van der Waals surface area contributed by atoms with Crippen LogP contribution in [0.15, 0.2) is 41.3 Å². The molecular weight excluding hydrogens is 462 g/mol. The van der Waals surface area contributed by atoms with Gasteiger partial charge in [0.2, 0.25) is 10.0 Å². The van der Waals surface area contributed by atoms with Gasteiger partial charge < -0.3 is 19.5 Å². The van der Waals surface area contributed by atoms with Gasteiger partial charge in [-0.2, -0.15) is 8.78 Å². The highest BCUT2D eigenvalue weighted by Gasteiger charge is 2.23. The van der Waals surface area contributed by atoms with Gasteiger partial charge in [-0.05, 0) is 43.3 Å². The zero-order chi connectivity index (χ0) is 23.3. The van der Waals surface area contributed by atoms with Crippen molar-refractivity contribution in [2.45, 2.75) is 24.5 Å². The summed E-state index contributed by atoms with van der Waals surface area (Å²) in [5.74, 6) is -2.10. The zero-order valence-corrected chi connectivity index (χ0v) is 17.7. The molecule has 31 heavy (non-hydrogen) atoms. The third-order valence-electron chi connectivity index (χ3n) is 3.77. The molecule has 0 aliphatic carbocycles. The smallest absolute Gasteiger partial charge is 0.387 e. The van der Waals surface area contributed by atoms with Crippen molar-refractivity contribution < 1.29 is 41.0 Å². The van der Waals surface area contributed by atoms with Crippen LogP contribution in [-0.2, 0) is 19.6 Å². The van der Waals surface area contributed by atoms with Crippen molar-refractivity contribution in [1.29, 1.82) is 0 Å². The molecule has 13 heteroatoms. The first-order valence-corrected chi connectivity index (χ1v) is 10.3. The molecule has 0 aliphatic heterocycles. The summed E-state index contributed by atoms with van der Waals surface area (Å²) in [5, 5.41) is 7.33. The fourth-order valence-corrected chi connectivity index (χ4v) is 3.27. The van der Waals surface area contributed by atoms with Crippen molar-refractivity contribution in [3.05, 3.63) is 47.0 Å². The molecule has 0 saturated heterocycles. The number of carbonyl (C=O) groups is 2. The quantitative estimate of drug-likeness (QED) is 0.557. The number of amides is 1. The van der Waals surface area contributed by atoms with Crippen LogP contribution in [0, 0.1) is 0 Å². The number of carbonyl (C=O) groups excluding carboxylic acids is 2. The molecule has 9 nitrogen and oxygen atoms in total. The normalized spacial score (nSPS) is 12.2. The van der Waals surface area contributed by atoms with Gasteiger partial charge in [-0.1, -0.05) is 11.6 Å². The number of sulfonamides is 1. The summed E-state index contributed by atoms with van der Waals surface area (Å²) in [4.78, 5) is 24.1. The predicted octanol–water partition coefficient (Wildman–Crippen LogP) is 2.78. The van der Waals surface area contributed by atoms with Gasteiger partial charge in [-0.15, -0.1) is 0 Å². The number of methoxy groups -OCH3 is 1. The van der Waals surface area contributed by atoms with E-state index in [1.165, 1.54) is 38.3 Å². The summed E-state index contributed by atoms with van der Waals surface area (Å²) >= 11 is 5.81. The molecule has 1 unspecified atom stereocenters. The number of primary sulfonamides is 1. The molecule has 2 aromatic carbocycles. The Balaban J connectivity index is 2.09. The third kappa shape index (κ3) is 6.51. The molecule has 0 fully saturated rings. The van der Waals surface area contributed by atoms with Crippen LogP contribution in [0.2, 0.25) is 5.02 Å². The Morgan fingerprint density at radius 2 is 1.77 bits per heavy atom. The van der Waals surface area contributed by atoms with Crippen LogP contribution in [0.3, 0.4) is 0 Å². The number of anilines is 1. The Kier molecular flexibility index (Phi) is 7.76. The summed E-state index contributed by atoms with van der Waals surface area (Å²) in [6.07, 6.45) is -1.30. The van der Waals surface area contributed by atoms with Crippen LogP contribution in [0.1, 0.15) is 17.3 Å². The number of ether oxygens (including phenoxy) is 3. The number of nitrogens with one attached hydrogen (secondary N) is 1. The van der Waals surface area contributed by atoms with Gasteiger partial charge in [0.25, 0.3) is 5.91 Å². The third-order valence-corrected chi connectivity index (χ3v) is 5.00. The molecule has 3 N–H and O–H groups in total. The molecule has 0 radical (unpaired) electrons. The van der Waals surface area contributed by atoms with Gasteiger partial charge in [-0.3, -0.25) is 4.79 Å². The summed E-state index contributed by atoms with van der Waals surface area (Å²) in [7, 11) is -2.96. The molecule has 0 spiro atoms. The van der Waals surface area contributed by atoms with Gasteiger partial charge in [0.1, 0.15) is 16.4 Å². The lowest BCUT2D eigenvalue weighted by Gasteiger charge is -2.15. The minimum Gasteiger partial charge on any atom is -0.495 e. The topological polar surface area (TPSA) is 134 Å². The monoisotopic (exact) mass is 478 g/mol. The number of nitrogens with two attached hydrogens (primary N) is 1. The lowest BCUT2D eigenvalue weighted by molar-refractivity contribution is -0.123. The minimum atomic E-state index is -4.18. The van der Waals surface area contributed by atoms with Crippen LogP contribution in [0.4, 0.5) is 14.5 Å². The zero-order valence-electron chi connectivity index (χ0n) is 16.1. The van der Waals surface area contributed by atoms with E-state index in [-0.39, 0.29) is 27.8 Å². The number of rotatable bonds is 8. The van der Waals surface area contributed by atoms with E-state index in [1.807, 2.05) is 0 Å². The maximum atomic E-state index is 12.3. The summed E-state index contributed by atoms with van der Waals surface area (Å²) in [6.45, 7) is -1.79. The second-order valence-electron chi connectivity index (χ2n) is 5.97. The average Bonchev–Trinajstić information content (AvgIpc) is 2.68. The first-order valence-electron chi connectivity index (χ1n) is 8.39. The SMILES string of the molecule is COc1ccc(C(=O)OC(C)C(=O)Nc2ccc(OC(F)F)c(Cl)c2)cc1S(N)(=O)=O.